The van der Waals surface area contributed by atoms with Crippen LogP contribution in [0.2, 0.25) is 0 Å². The molecule has 0 amide bonds. The fraction of sp³-hybridized carbons (Fsp3) is 0.273. The van der Waals surface area contributed by atoms with Crippen LogP contribution < -0.4 is 0 Å². The van der Waals surface area contributed by atoms with Gasteiger partial charge in [-0.25, -0.2) is 8.78 Å². The molecule has 0 spiro atoms. The van der Waals surface area contributed by atoms with E-state index in [-0.39, 0.29) is 0 Å². The zero-order valence-corrected chi connectivity index (χ0v) is 8.75. The third-order valence-corrected chi connectivity index (χ3v) is 2.28. The molecule has 5 heteroatoms. The van der Waals surface area contributed by atoms with E-state index in [1.165, 1.54) is 13.8 Å². The second kappa shape index (κ2) is 4.00. The van der Waals surface area contributed by atoms with Crippen molar-refractivity contribution in [2.24, 2.45) is 5.41 Å². The molecular weight excluding hydrogens is 218 g/mol. The van der Waals surface area contributed by atoms with Crippen molar-refractivity contribution < 1.29 is 23.5 Å². The smallest absolute Gasteiger partial charge is 0.316 e. The summed E-state index contributed by atoms with van der Waals surface area (Å²) < 4.78 is 25.8. The second-order valence-corrected chi connectivity index (χ2v) is 3.88. The maximum absolute atomic E-state index is 13.2. The van der Waals surface area contributed by atoms with Gasteiger partial charge in [0, 0.05) is 6.07 Å². The predicted octanol–water partition coefficient (Wildman–Crippen LogP) is 2.26. The number of ketones is 1. The van der Waals surface area contributed by atoms with E-state index >= 15 is 0 Å². The van der Waals surface area contributed by atoms with Gasteiger partial charge in [0.2, 0.25) is 0 Å². The van der Waals surface area contributed by atoms with Crippen molar-refractivity contribution in [3.8, 4) is 0 Å². The van der Waals surface area contributed by atoms with Crippen LogP contribution in [0.15, 0.2) is 18.2 Å². The summed E-state index contributed by atoms with van der Waals surface area (Å²) in [7, 11) is 0. The first-order chi connectivity index (χ1) is 7.26. The summed E-state index contributed by atoms with van der Waals surface area (Å²) in [6, 6.07) is 2.40. The number of carbonyl (C=O) groups excluding carboxylic acids is 1. The Morgan fingerprint density at radius 2 is 1.81 bits per heavy atom. The Morgan fingerprint density at radius 3 is 2.25 bits per heavy atom. The molecule has 0 aliphatic heterocycles. The maximum atomic E-state index is 13.2. The number of carboxylic acids is 1. The van der Waals surface area contributed by atoms with Gasteiger partial charge < -0.3 is 5.11 Å². The van der Waals surface area contributed by atoms with E-state index in [9.17, 15) is 18.4 Å². The number of carbonyl (C=O) groups is 2. The average molecular weight is 228 g/mol. The molecule has 0 saturated heterocycles. The van der Waals surface area contributed by atoms with E-state index in [0.717, 1.165) is 12.1 Å². The largest absolute Gasteiger partial charge is 0.481 e. The second-order valence-electron chi connectivity index (χ2n) is 3.88. The van der Waals surface area contributed by atoms with Gasteiger partial charge in [-0.1, -0.05) is 0 Å². The molecule has 0 fully saturated rings. The molecule has 0 atom stereocenters. The van der Waals surface area contributed by atoms with Gasteiger partial charge in [0.25, 0.3) is 0 Å². The number of rotatable bonds is 3. The number of halogens is 2. The summed E-state index contributed by atoms with van der Waals surface area (Å²) >= 11 is 0. The van der Waals surface area contributed by atoms with Crippen LogP contribution in [0.5, 0.6) is 0 Å². The number of benzene rings is 1. The molecule has 0 unspecified atom stereocenters. The molecule has 86 valence electrons. The van der Waals surface area contributed by atoms with Crippen LogP contribution in [0.3, 0.4) is 0 Å². The summed E-state index contributed by atoms with van der Waals surface area (Å²) in [6.07, 6.45) is 0. The van der Waals surface area contributed by atoms with Gasteiger partial charge in [0.05, 0.1) is 5.56 Å². The Morgan fingerprint density at radius 1 is 1.25 bits per heavy atom. The van der Waals surface area contributed by atoms with Gasteiger partial charge >= 0.3 is 5.97 Å². The summed E-state index contributed by atoms with van der Waals surface area (Å²) in [5.41, 5.74) is -2.16. The Bertz CT molecular complexity index is 453. The standard InChI is InChI=1S/C11H10F2O3/c1-11(2,10(15)16)9(14)7-4-3-6(12)5-8(7)13/h3-5H,1-2H3,(H,15,16). The van der Waals surface area contributed by atoms with Crippen LogP contribution in [0.4, 0.5) is 8.78 Å². The van der Waals surface area contributed by atoms with Crippen LogP contribution in [-0.2, 0) is 4.79 Å². The number of hydrogen-bond donors (Lipinski definition) is 1. The molecule has 0 bridgehead atoms. The number of Topliss-reactive ketones (excluding diaryl/α,β-unsaturated/α-hetero) is 1. The molecule has 0 aromatic heterocycles. The predicted molar refractivity (Wildman–Crippen MR) is 52.1 cm³/mol. The van der Waals surface area contributed by atoms with Crippen molar-refractivity contribution in [2.75, 3.05) is 0 Å². The molecule has 3 nitrogen and oxygen atoms in total. The first-order valence-corrected chi connectivity index (χ1v) is 4.50. The summed E-state index contributed by atoms with van der Waals surface area (Å²) in [5, 5.41) is 8.80. The summed E-state index contributed by atoms with van der Waals surface area (Å²) in [5.74, 6) is -4.12. The van der Waals surface area contributed by atoms with Crippen molar-refractivity contribution >= 4 is 11.8 Å². The highest BCUT2D eigenvalue weighted by Gasteiger charge is 2.37. The van der Waals surface area contributed by atoms with Crippen molar-refractivity contribution in [3.63, 3.8) is 0 Å². The minimum absolute atomic E-state index is 0.422. The molecule has 0 aliphatic rings. The van der Waals surface area contributed by atoms with E-state index in [0.29, 0.717) is 6.07 Å². The SMILES string of the molecule is CC(C)(C(=O)O)C(=O)c1ccc(F)cc1F. The zero-order chi connectivity index (χ0) is 12.5. The van der Waals surface area contributed by atoms with Crippen molar-refractivity contribution in [2.45, 2.75) is 13.8 Å². The minimum Gasteiger partial charge on any atom is -0.481 e. The molecule has 0 aliphatic carbocycles. The Hall–Kier alpha value is -1.78. The van der Waals surface area contributed by atoms with Gasteiger partial charge in [-0.05, 0) is 26.0 Å². The first-order valence-electron chi connectivity index (χ1n) is 4.50. The molecule has 0 radical (unpaired) electrons. The highest BCUT2D eigenvalue weighted by Crippen LogP contribution is 2.24. The Labute approximate surface area is 90.7 Å². The van der Waals surface area contributed by atoms with Crippen LogP contribution >= 0.6 is 0 Å². The van der Waals surface area contributed by atoms with Gasteiger partial charge in [-0.2, -0.15) is 0 Å². The zero-order valence-electron chi connectivity index (χ0n) is 8.75. The van der Waals surface area contributed by atoms with Gasteiger partial charge in [0.1, 0.15) is 17.0 Å². The molecule has 1 aromatic rings. The Balaban J connectivity index is 3.20. The monoisotopic (exact) mass is 228 g/mol. The third kappa shape index (κ3) is 2.08. The van der Waals surface area contributed by atoms with Gasteiger partial charge in [-0.15, -0.1) is 0 Å². The lowest BCUT2D eigenvalue weighted by atomic mass is 9.84. The van der Waals surface area contributed by atoms with Crippen LogP contribution in [0, 0.1) is 17.0 Å². The van der Waals surface area contributed by atoms with Crippen LogP contribution in [-0.4, -0.2) is 16.9 Å². The quantitative estimate of drug-likeness (QED) is 0.637. The molecule has 1 N–H and O–H groups in total. The molecular formula is C11H10F2O3. The van der Waals surface area contributed by atoms with E-state index in [1.807, 2.05) is 0 Å². The van der Waals surface area contributed by atoms with Crippen molar-refractivity contribution in [3.05, 3.63) is 35.4 Å². The minimum atomic E-state index is -1.74. The third-order valence-electron chi connectivity index (χ3n) is 2.28. The molecule has 1 rings (SSSR count). The molecule has 1 aromatic carbocycles. The van der Waals surface area contributed by atoms with Crippen LogP contribution in [0.1, 0.15) is 24.2 Å². The van der Waals surface area contributed by atoms with Gasteiger partial charge in [-0.3, -0.25) is 9.59 Å². The highest BCUT2D eigenvalue weighted by atomic mass is 19.1. The fourth-order valence-corrected chi connectivity index (χ4v) is 1.11. The van der Waals surface area contributed by atoms with Crippen molar-refractivity contribution in [1.29, 1.82) is 0 Å². The van der Waals surface area contributed by atoms with E-state index in [2.05, 4.69) is 0 Å². The topological polar surface area (TPSA) is 54.4 Å². The lowest BCUT2D eigenvalue weighted by Crippen LogP contribution is -2.33. The first kappa shape index (κ1) is 12.3. The number of hydrogen-bond acceptors (Lipinski definition) is 2. The average Bonchev–Trinajstić information content (AvgIpc) is 2.16. The lowest BCUT2D eigenvalue weighted by molar-refractivity contribution is -0.144. The van der Waals surface area contributed by atoms with E-state index in [4.69, 9.17) is 5.11 Å². The molecule has 0 saturated carbocycles. The summed E-state index contributed by atoms with van der Waals surface area (Å²) in [4.78, 5) is 22.5. The van der Waals surface area contributed by atoms with Gasteiger partial charge in [0.15, 0.2) is 5.78 Å². The van der Waals surface area contributed by atoms with Crippen LogP contribution in [0.25, 0.3) is 0 Å². The lowest BCUT2D eigenvalue weighted by Gasteiger charge is -2.17. The molecule has 0 heterocycles. The Kier molecular flexibility index (Phi) is 3.07. The van der Waals surface area contributed by atoms with E-state index < -0.39 is 34.4 Å². The normalized spacial score (nSPS) is 11.2. The molecule has 16 heavy (non-hydrogen) atoms. The van der Waals surface area contributed by atoms with Crippen molar-refractivity contribution in [1.82, 2.24) is 0 Å². The maximum Gasteiger partial charge on any atom is 0.316 e. The highest BCUT2D eigenvalue weighted by molar-refractivity contribution is 6.11. The summed E-state index contributed by atoms with van der Waals surface area (Å²) in [6.45, 7) is 2.33. The number of aliphatic carboxylic acids is 1. The fourth-order valence-electron chi connectivity index (χ4n) is 1.11. The van der Waals surface area contributed by atoms with E-state index in [1.54, 1.807) is 0 Å². The number of carboxylic acid groups (broad SMARTS) is 1.